The molecule has 4 heteroatoms. The number of hydrogen-bond donors (Lipinski definition) is 1. The number of hydrogen-bond acceptors (Lipinski definition) is 3. The van der Waals surface area contributed by atoms with Gasteiger partial charge in [-0.2, -0.15) is 0 Å². The molecule has 0 unspecified atom stereocenters. The van der Waals surface area contributed by atoms with Crippen molar-refractivity contribution in [3.05, 3.63) is 77.0 Å². The molecule has 26 heavy (non-hydrogen) atoms. The van der Waals surface area contributed by atoms with Crippen molar-refractivity contribution in [2.24, 2.45) is 0 Å². The molecule has 0 saturated carbocycles. The van der Waals surface area contributed by atoms with Gasteiger partial charge in [-0.3, -0.25) is 0 Å². The van der Waals surface area contributed by atoms with Gasteiger partial charge in [-0.25, -0.2) is 0 Å². The van der Waals surface area contributed by atoms with Gasteiger partial charge in [0.05, 0.1) is 18.7 Å². The van der Waals surface area contributed by atoms with E-state index in [1.54, 1.807) is 7.11 Å². The monoisotopic (exact) mass is 369 g/mol. The summed E-state index contributed by atoms with van der Waals surface area (Å²) in [4.78, 5) is 0. The predicted octanol–water partition coefficient (Wildman–Crippen LogP) is 5.72. The molecule has 1 atom stereocenters. The fourth-order valence-corrected chi connectivity index (χ4v) is 3.11. The van der Waals surface area contributed by atoms with Crippen LogP contribution in [0, 0.1) is 0 Å². The highest BCUT2D eigenvalue weighted by Gasteiger charge is 2.09. The number of ether oxygens (including phenoxy) is 1. The van der Waals surface area contributed by atoms with E-state index in [1.165, 1.54) is 5.56 Å². The largest absolute Gasteiger partial charge is 0.495 e. The molecule has 0 radical (unpaired) electrons. The molecule has 0 aliphatic rings. The van der Waals surface area contributed by atoms with E-state index in [1.807, 2.05) is 30.3 Å². The molecule has 0 saturated heterocycles. The van der Waals surface area contributed by atoms with E-state index in [0.29, 0.717) is 23.4 Å². The molecule has 0 amide bonds. The van der Waals surface area contributed by atoms with E-state index in [9.17, 15) is 0 Å². The first-order valence-corrected chi connectivity index (χ1v) is 9.23. The van der Waals surface area contributed by atoms with Gasteiger partial charge in [-0.05, 0) is 55.7 Å². The van der Waals surface area contributed by atoms with Crippen LogP contribution in [0.1, 0.15) is 24.7 Å². The van der Waals surface area contributed by atoms with Gasteiger partial charge >= 0.3 is 0 Å². The molecule has 3 rings (SSSR count). The zero-order chi connectivity index (χ0) is 18.4. The molecule has 0 fully saturated rings. The number of nitrogens with one attached hydrogen (secondary N) is 1. The van der Waals surface area contributed by atoms with Crippen molar-refractivity contribution in [2.45, 2.75) is 32.4 Å². The lowest BCUT2D eigenvalue weighted by Gasteiger charge is -2.12. The lowest BCUT2D eigenvalue weighted by molar-refractivity contribution is 0.415. The first-order chi connectivity index (χ1) is 12.7. The minimum absolute atomic E-state index is 0.416. The minimum atomic E-state index is 0.416. The zero-order valence-electron chi connectivity index (χ0n) is 15.2. The van der Waals surface area contributed by atoms with Crippen LogP contribution in [0.15, 0.2) is 65.1 Å². The molecule has 0 spiro atoms. The van der Waals surface area contributed by atoms with Crippen molar-refractivity contribution in [1.82, 2.24) is 5.32 Å². The summed E-state index contributed by atoms with van der Waals surface area (Å²) in [6, 6.07) is 20.6. The molecule has 1 aromatic heterocycles. The third-order valence-electron chi connectivity index (χ3n) is 4.43. The Bertz CT molecular complexity index is 829. The number of aryl methyl sites for hydroxylation is 1. The van der Waals surface area contributed by atoms with Gasteiger partial charge < -0.3 is 14.5 Å². The highest BCUT2D eigenvalue weighted by atomic mass is 35.5. The molecule has 0 bridgehead atoms. The number of halogens is 1. The van der Waals surface area contributed by atoms with Gasteiger partial charge in [0, 0.05) is 11.6 Å². The third-order valence-corrected chi connectivity index (χ3v) is 4.73. The second-order valence-corrected chi connectivity index (χ2v) is 6.83. The zero-order valence-corrected chi connectivity index (χ0v) is 15.9. The van der Waals surface area contributed by atoms with Gasteiger partial charge in [0.1, 0.15) is 17.3 Å². The Morgan fingerprint density at radius 3 is 2.62 bits per heavy atom. The summed E-state index contributed by atoms with van der Waals surface area (Å²) in [5.74, 6) is 2.39. The average molecular weight is 370 g/mol. The van der Waals surface area contributed by atoms with Crippen molar-refractivity contribution in [2.75, 3.05) is 7.11 Å². The standard InChI is InChI=1S/C22H24ClNO2/c1-16(8-9-17-6-4-3-5-7-17)24-15-19-11-13-21(26-19)18-10-12-22(25-2)20(23)14-18/h3-7,10-14,16,24H,8-9,15H2,1-2H3/t16-/m0/s1. The fourth-order valence-electron chi connectivity index (χ4n) is 2.85. The minimum Gasteiger partial charge on any atom is -0.495 e. The van der Waals surface area contributed by atoms with Crippen molar-refractivity contribution in [3.8, 4) is 17.1 Å². The molecular formula is C22H24ClNO2. The first kappa shape index (κ1) is 18.6. The average Bonchev–Trinajstić information content (AvgIpc) is 3.14. The van der Waals surface area contributed by atoms with Crippen molar-refractivity contribution in [3.63, 3.8) is 0 Å². The number of benzene rings is 2. The molecule has 3 nitrogen and oxygen atoms in total. The summed E-state index contributed by atoms with van der Waals surface area (Å²) in [7, 11) is 1.61. The molecule has 2 aromatic carbocycles. The topological polar surface area (TPSA) is 34.4 Å². The van der Waals surface area contributed by atoms with Crippen LogP contribution < -0.4 is 10.1 Å². The number of methoxy groups -OCH3 is 1. The maximum atomic E-state index is 6.20. The second-order valence-electron chi connectivity index (χ2n) is 6.42. The van der Waals surface area contributed by atoms with Crippen LogP contribution in [0.3, 0.4) is 0 Å². The Morgan fingerprint density at radius 1 is 1.08 bits per heavy atom. The van der Waals surface area contributed by atoms with E-state index in [-0.39, 0.29) is 0 Å². The molecule has 0 aliphatic carbocycles. The van der Waals surface area contributed by atoms with Crippen LogP contribution in [-0.4, -0.2) is 13.2 Å². The van der Waals surface area contributed by atoms with E-state index in [4.69, 9.17) is 20.8 Å². The number of rotatable bonds is 8. The lowest BCUT2D eigenvalue weighted by atomic mass is 10.1. The Balaban J connectivity index is 1.52. The van der Waals surface area contributed by atoms with E-state index in [0.717, 1.165) is 29.9 Å². The van der Waals surface area contributed by atoms with Crippen LogP contribution in [0.5, 0.6) is 5.75 Å². The van der Waals surface area contributed by atoms with Gasteiger partial charge in [-0.1, -0.05) is 41.9 Å². The molecule has 1 N–H and O–H groups in total. The van der Waals surface area contributed by atoms with E-state index >= 15 is 0 Å². The quantitative estimate of drug-likeness (QED) is 0.551. The van der Waals surface area contributed by atoms with Gasteiger partial charge in [-0.15, -0.1) is 0 Å². The predicted molar refractivity (Wildman–Crippen MR) is 107 cm³/mol. The molecular weight excluding hydrogens is 346 g/mol. The maximum Gasteiger partial charge on any atom is 0.137 e. The number of furan rings is 1. The lowest BCUT2D eigenvalue weighted by Crippen LogP contribution is -2.25. The van der Waals surface area contributed by atoms with Crippen LogP contribution in [0.4, 0.5) is 0 Å². The Hall–Kier alpha value is -2.23. The highest BCUT2D eigenvalue weighted by Crippen LogP contribution is 2.31. The Morgan fingerprint density at radius 2 is 1.88 bits per heavy atom. The molecule has 1 heterocycles. The summed E-state index contributed by atoms with van der Waals surface area (Å²) in [6.45, 7) is 2.91. The van der Waals surface area contributed by atoms with E-state index < -0.39 is 0 Å². The maximum absolute atomic E-state index is 6.20. The van der Waals surface area contributed by atoms with Crippen LogP contribution in [0.25, 0.3) is 11.3 Å². The van der Waals surface area contributed by atoms with Gasteiger partial charge in [0.15, 0.2) is 0 Å². The van der Waals surface area contributed by atoms with Crippen LogP contribution >= 0.6 is 11.6 Å². The second kappa shape index (κ2) is 8.93. The van der Waals surface area contributed by atoms with Crippen LogP contribution in [0.2, 0.25) is 5.02 Å². The first-order valence-electron chi connectivity index (χ1n) is 8.85. The summed E-state index contributed by atoms with van der Waals surface area (Å²) in [5, 5.41) is 4.10. The third kappa shape index (κ3) is 4.90. The molecule has 136 valence electrons. The Kier molecular flexibility index (Phi) is 6.37. The van der Waals surface area contributed by atoms with Crippen molar-refractivity contribution >= 4 is 11.6 Å². The molecule has 3 aromatic rings. The SMILES string of the molecule is COc1ccc(-c2ccc(CN[C@@H](C)CCc3ccccc3)o2)cc1Cl. The van der Waals surface area contributed by atoms with Gasteiger partial charge in [0.2, 0.25) is 0 Å². The molecule has 0 aliphatic heterocycles. The summed E-state index contributed by atoms with van der Waals surface area (Å²) in [6.07, 6.45) is 2.16. The Labute approximate surface area is 159 Å². The smallest absolute Gasteiger partial charge is 0.137 e. The summed E-state index contributed by atoms with van der Waals surface area (Å²) >= 11 is 6.20. The van der Waals surface area contributed by atoms with E-state index in [2.05, 4.69) is 42.6 Å². The fraction of sp³-hybridized carbons (Fsp3) is 0.273. The van der Waals surface area contributed by atoms with Gasteiger partial charge in [0.25, 0.3) is 0 Å². The van der Waals surface area contributed by atoms with Crippen LogP contribution in [-0.2, 0) is 13.0 Å². The van der Waals surface area contributed by atoms with Crippen molar-refractivity contribution < 1.29 is 9.15 Å². The summed E-state index contributed by atoms with van der Waals surface area (Å²) < 4.78 is 11.1. The highest BCUT2D eigenvalue weighted by molar-refractivity contribution is 6.32. The van der Waals surface area contributed by atoms with Crippen molar-refractivity contribution in [1.29, 1.82) is 0 Å². The summed E-state index contributed by atoms with van der Waals surface area (Å²) in [5.41, 5.74) is 2.32. The normalized spacial score (nSPS) is 12.1.